The van der Waals surface area contributed by atoms with Gasteiger partial charge in [-0.15, -0.1) is 0 Å². The molecule has 0 rings (SSSR count). The molecule has 0 aliphatic heterocycles. The third-order valence-electron chi connectivity index (χ3n) is 7.57. The Kier molecular flexibility index (Phi) is 30.9. The molecule has 0 spiro atoms. The summed E-state index contributed by atoms with van der Waals surface area (Å²) in [6.07, 6.45) is 29.8. The zero-order valence-corrected chi connectivity index (χ0v) is 29.5. The van der Waals surface area contributed by atoms with Gasteiger partial charge in [0, 0.05) is 12.8 Å². The molecule has 0 aromatic rings. The van der Waals surface area contributed by atoms with E-state index in [4.69, 9.17) is 18.5 Å². The van der Waals surface area contributed by atoms with E-state index in [-0.39, 0.29) is 25.6 Å². The fourth-order valence-corrected chi connectivity index (χ4v) is 5.67. The zero-order chi connectivity index (χ0) is 32.6. The van der Waals surface area contributed by atoms with Gasteiger partial charge < -0.3 is 14.4 Å². The first kappa shape index (κ1) is 42.8. The van der Waals surface area contributed by atoms with Gasteiger partial charge in [-0.05, 0) is 45.4 Å². The Balaban J connectivity index is 4.17. The van der Waals surface area contributed by atoms with E-state index in [1.165, 1.54) is 83.5 Å². The van der Waals surface area contributed by atoms with E-state index in [1.54, 1.807) is 6.92 Å². The second-order valence-corrected chi connectivity index (χ2v) is 13.3. The molecule has 0 aliphatic carbocycles. The Labute approximate surface area is 270 Å². The molecule has 1 N–H and O–H groups in total. The molecule has 0 radical (unpaired) electrons. The Hall–Kier alpha value is -1.21. The summed E-state index contributed by atoms with van der Waals surface area (Å²) in [5, 5.41) is 0. The maximum absolute atomic E-state index is 12.4. The van der Waals surface area contributed by atoms with Crippen LogP contribution in [0.5, 0.6) is 0 Å². The van der Waals surface area contributed by atoms with Crippen LogP contribution in [-0.4, -0.2) is 42.8 Å². The highest BCUT2D eigenvalue weighted by Crippen LogP contribution is 2.43. The lowest BCUT2D eigenvalue weighted by molar-refractivity contribution is -0.161. The number of carbonyl (C=O) groups excluding carboxylic acids is 2. The SMILES string of the molecule is CCCCCCCC/C=C\CCCCCCCC(=O)OC(COC(=O)CCCCCCCCCCC)COP(=O)(O)OCC. The van der Waals surface area contributed by atoms with Crippen LogP contribution in [0.25, 0.3) is 0 Å². The smallest absolute Gasteiger partial charge is 0.462 e. The van der Waals surface area contributed by atoms with Crippen molar-refractivity contribution in [1.82, 2.24) is 0 Å². The van der Waals surface area contributed by atoms with E-state index in [2.05, 4.69) is 26.0 Å². The minimum absolute atomic E-state index is 0.00143. The Morgan fingerprint density at radius 1 is 0.591 bits per heavy atom. The number of hydrogen-bond donors (Lipinski definition) is 1. The van der Waals surface area contributed by atoms with E-state index in [0.717, 1.165) is 51.4 Å². The van der Waals surface area contributed by atoms with E-state index in [9.17, 15) is 19.0 Å². The Morgan fingerprint density at radius 2 is 1.02 bits per heavy atom. The highest BCUT2D eigenvalue weighted by atomic mass is 31.2. The molecule has 44 heavy (non-hydrogen) atoms. The molecule has 0 aromatic carbocycles. The molecule has 0 saturated carbocycles. The molecule has 0 fully saturated rings. The molecule has 0 heterocycles. The van der Waals surface area contributed by atoms with Crippen LogP contribution in [0.15, 0.2) is 12.2 Å². The highest BCUT2D eigenvalue weighted by Gasteiger charge is 2.25. The van der Waals surface area contributed by atoms with Crippen molar-refractivity contribution in [3.05, 3.63) is 12.2 Å². The van der Waals surface area contributed by atoms with Crippen molar-refractivity contribution in [2.75, 3.05) is 19.8 Å². The summed E-state index contributed by atoms with van der Waals surface area (Å²) < 4.78 is 32.4. The van der Waals surface area contributed by atoms with E-state index in [0.29, 0.717) is 12.8 Å². The van der Waals surface area contributed by atoms with Crippen molar-refractivity contribution in [2.24, 2.45) is 0 Å². The summed E-state index contributed by atoms with van der Waals surface area (Å²) >= 11 is 0. The maximum atomic E-state index is 12.4. The molecule has 8 nitrogen and oxygen atoms in total. The number of rotatable bonds is 33. The number of hydrogen-bond acceptors (Lipinski definition) is 7. The molecular weight excluding hydrogens is 579 g/mol. The predicted molar refractivity (Wildman–Crippen MR) is 180 cm³/mol. The largest absolute Gasteiger partial charge is 0.472 e. The van der Waals surface area contributed by atoms with Crippen molar-refractivity contribution in [3.8, 4) is 0 Å². The summed E-state index contributed by atoms with van der Waals surface area (Å²) in [6.45, 7) is 5.42. The molecule has 0 saturated heterocycles. The van der Waals surface area contributed by atoms with Crippen LogP contribution in [-0.2, 0) is 32.7 Å². The lowest BCUT2D eigenvalue weighted by atomic mass is 10.1. The summed E-state index contributed by atoms with van der Waals surface area (Å²) in [6, 6.07) is 0. The van der Waals surface area contributed by atoms with Crippen LogP contribution in [0, 0.1) is 0 Å². The number of phosphoric ester groups is 1. The van der Waals surface area contributed by atoms with Crippen LogP contribution in [0.4, 0.5) is 0 Å². The van der Waals surface area contributed by atoms with Crippen LogP contribution in [0.2, 0.25) is 0 Å². The standard InChI is InChI=1S/C35H67O8P/c1-4-7-9-11-13-15-16-17-18-19-20-22-24-26-28-30-35(37)43-33(32-42-44(38,39)41-6-3)31-40-34(36)29-27-25-23-21-14-12-10-8-5-2/h17-18,33H,4-16,19-32H2,1-3H3,(H,38,39)/b18-17-. The van der Waals surface area contributed by atoms with E-state index >= 15 is 0 Å². The molecular formula is C35H67O8P. The van der Waals surface area contributed by atoms with Crippen LogP contribution >= 0.6 is 7.82 Å². The average molecular weight is 647 g/mol. The normalized spacial score (nSPS) is 13.6. The minimum Gasteiger partial charge on any atom is -0.462 e. The van der Waals surface area contributed by atoms with Gasteiger partial charge >= 0.3 is 19.8 Å². The van der Waals surface area contributed by atoms with Gasteiger partial charge in [-0.25, -0.2) is 4.57 Å². The van der Waals surface area contributed by atoms with Gasteiger partial charge in [-0.1, -0.05) is 129 Å². The molecule has 0 aliphatic rings. The van der Waals surface area contributed by atoms with Crippen LogP contribution < -0.4 is 0 Å². The summed E-state index contributed by atoms with van der Waals surface area (Å²) in [4.78, 5) is 34.4. The van der Waals surface area contributed by atoms with Crippen molar-refractivity contribution >= 4 is 19.8 Å². The Morgan fingerprint density at radius 3 is 1.50 bits per heavy atom. The first-order valence-electron chi connectivity index (χ1n) is 18.0. The van der Waals surface area contributed by atoms with Gasteiger partial charge in [-0.2, -0.15) is 0 Å². The maximum Gasteiger partial charge on any atom is 0.472 e. The van der Waals surface area contributed by atoms with E-state index < -0.39 is 26.5 Å². The highest BCUT2D eigenvalue weighted by molar-refractivity contribution is 7.47. The minimum atomic E-state index is -4.27. The molecule has 2 atom stereocenters. The van der Waals surface area contributed by atoms with Gasteiger partial charge in [0.15, 0.2) is 6.10 Å². The topological polar surface area (TPSA) is 108 Å². The summed E-state index contributed by atoms with van der Waals surface area (Å²) in [5.74, 6) is -0.807. The quantitative estimate of drug-likeness (QED) is 0.0325. The molecule has 0 amide bonds. The first-order chi connectivity index (χ1) is 21.3. The average Bonchev–Trinajstić information content (AvgIpc) is 2.99. The number of ether oxygens (including phenoxy) is 2. The fourth-order valence-electron chi connectivity index (χ4n) is 4.92. The first-order valence-corrected chi connectivity index (χ1v) is 19.5. The predicted octanol–water partition coefficient (Wildman–Crippen LogP) is 10.6. The fraction of sp³-hybridized carbons (Fsp3) is 0.886. The van der Waals surface area contributed by atoms with Gasteiger partial charge in [0.2, 0.25) is 0 Å². The molecule has 9 heteroatoms. The zero-order valence-electron chi connectivity index (χ0n) is 28.6. The summed E-state index contributed by atoms with van der Waals surface area (Å²) in [7, 11) is -4.27. The van der Waals surface area contributed by atoms with Crippen LogP contribution in [0.3, 0.4) is 0 Å². The van der Waals surface area contributed by atoms with Gasteiger partial charge in [0.05, 0.1) is 13.2 Å². The van der Waals surface area contributed by atoms with Crippen LogP contribution in [0.1, 0.15) is 175 Å². The molecule has 2 unspecified atom stereocenters. The number of carbonyl (C=O) groups is 2. The molecule has 0 aromatic heterocycles. The number of phosphoric acid groups is 1. The van der Waals surface area contributed by atoms with Gasteiger partial charge in [-0.3, -0.25) is 18.6 Å². The third kappa shape index (κ3) is 30.8. The number of allylic oxidation sites excluding steroid dienone is 2. The third-order valence-corrected chi connectivity index (χ3v) is 8.63. The van der Waals surface area contributed by atoms with Crippen molar-refractivity contribution in [2.45, 2.75) is 181 Å². The molecule has 0 bridgehead atoms. The summed E-state index contributed by atoms with van der Waals surface area (Å²) in [5.41, 5.74) is 0. The lowest BCUT2D eigenvalue weighted by Gasteiger charge is -2.19. The molecule has 260 valence electrons. The van der Waals surface area contributed by atoms with Crippen molar-refractivity contribution in [1.29, 1.82) is 0 Å². The second kappa shape index (κ2) is 31.8. The van der Waals surface area contributed by atoms with Crippen molar-refractivity contribution in [3.63, 3.8) is 0 Å². The monoisotopic (exact) mass is 646 g/mol. The van der Waals surface area contributed by atoms with E-state index in [1.807, 2.05) is 0 Å². The Bertz CT molecular complexity index is 742. The second-order valence-electron chi connectivity index (χ2n) is 11.9. The number of esters is 2. The van der Waals surface area contributed by atoms with Gasteiger partial charge in [0.1, 0.15) is 6.61 Å². The van der Waals surface area contributed by atoms with Gasteiger partial charge in [0.25, 0.3) is 0 Å². The lowest BCUT2D eigenvalue weighted by Crippen LogP contribution is -2.29. The number of unbranched alkanes of at least 4 members (excludes halogenated alkanes) is 19. The van der Waals surface area contributed by atoms with Crippen molar-refractivity contribution < 1.29 is 37.6 Å².